The first-order valence-corrected chi connectivity index (χ1v) is 6.87. The molecule has 1 aromatic carbocycles. The number of phenols is 1. The second-order valence-corrected chi connectivity index (χ2v) is 5.78. The fourth-order valence-corrected chi connectivity index (χ4v) is 2.19. The minimum absolute atomic E-state index is 0.180. The zero-order chi connectivity index (χ0) is 13.1. The molecule has 100 valence electrons. The number of hydrogen-bond donors (Lipinski definition) is 2. The molecule has 18 heavy (non-hydrogen) atoms. The summed E-state index contributed by atoms with van der Waals surface area (Å²) in [4.78, 5) is 2.55. The van der Waals surface area contributed by atoms with Crippen molar-refractivity contribution in [3.05, 3.63) is 23.8 Å². The Morgan fingerprint density at radius 3 is 2.67 bits per heavy atom. The summed E-state index contributed by atoms with van der Waals surface area (Å²) in [5.74, 6) is 0.926. The van der Waals surface area contributed by atoms with Gasteiger partial charge in [0, 0.05) is 12.6 Å². The van der Waals surface area contributed by atoms with Gasteiger partial charge in [0.05, 0.1) is 5.69 Å². The van der Waals surface area contributed by atoms with Crippen molar-refractivity contribution < 1.29 is 5.11 Å². The van der Waals surface area contributed by atoms with Crippen molar-refractivity contribution in [3.8, 4) is 5.75 Å². The maximum Gasteiger partial charge on any atom is 0.138 e. The van der Waals surface area contributed by atoms with Gasteiger partial charge in [-0.2, -0.15) is 0 Å². The molecule has 0 aliphatic heterocycles. The molecule has 2 rings (SSSR count). The molecule has 0 saturated heterocycles. The number of anilines is 1. The molecule has 1 aliphatic rings. The van der Waals surface area contributed by atoms with E-state index in [0.717, 1.165) is 25.0 Å². The largest absolute Gasteiger partial charge is 0.506 e. The Labute approximate surface area is 110 Å². The Hall–Kier alpha value is -1.22. The van der Waals surface area contributed by atoms with Crippen LogP contribution in [0.25, 0.3) is 0 Å². The van der Waals surface area contributed by atoms with Gasteiger partial charge in [0.15, 0.2) is 0 Å². The number of hydrogen-bond acceptors (Lipinski definition) is 3. The molecule has 0 unspecified atom stereocenters. The number of benzene rings is 1. The molecule has 0 radical (unpaired) electrons. The lowest BCUT2D eigenvalue weighted by molar-refractivity contribution is 0.239. The van der Waals surface area contributed by atoms with Crippen molar-refractivity contribution in [1.29, 1.82) is 0 Å². The van der Waals surface area contributed by atoms with Crippen LogP contribution >= 0.6 is 0 Å². The van der Waals surface area contributed by atoms with E-state index in [1.807, 2.05) is 12.1 Å². The van der Waals surface area contributed by atoms with Gasteiger partial charge in [-0.05, 0) is 49.4 Å². The second kappa shape index (κ2) is 5.61. The van der Waals surface area contributed by atoms with Crippen molar-refractivity contribution in [1.82, 2.24) is 4.90 Å². The van der Waals surface area contributed by atoms with Gasteiger partial charge in [0.25, 0.3) is 0 Å². The van der Waals surface area contributed by atoms with Crippen LogP contribution in [0, 0.1) is 5.92 Å². The van der Waals surface area contributed by atoms with E-state index in [1.165, 1.54) is 24.8 Å². The van der Waals surface area contributed by atoms with Crippen LogP contribution in [-0.2, 0) is 6.54 Å². The zero-order valence-electron chi connectivity index (χ0n) is 11.4. The number of nitrogens with zero attached hydrogens (tertiary/aromatic N) is 1. The number of rotatable bonds is 6. The zero-order valence-corrected chi connectivity index (χ0v) is 11.4. The van der Waals surface area contributed by atoms with Crippen molar-refractivity contribution in [2.24, 2.45) is 5.92 Å². The maximum absolute atomic E-state index is 9.44. The molecule has 3 N–H and O–H groups in total. The van der Waals surface area contributed by atoms with Gasteiger partial charge in [-0.1, -0.05) is 19.9 Å². The first-order chi connectivity index (χ1) is 8.56. The summed E-state index contributed by atoms with van der Waals surface area (Å²) < 4.78 is 0. The molecule has 0 amide bonds. The van der Waals surface area contributed by atoms with E-state index >= 15 is 0 Å². The van der Waals surface area contributed by atoms with Crippen molar-refractivity contribution in [3.63, 3.8) is 0 Å². The lowest BCUT2D eigenvalue weighted by atomic mass is 10.1. The minimum Gasteiger partial charge on any atom is -0.506 e. The Bertz CT molecular complexity index is 399. The lowest BCUT2D eigenvalue weighted by Crippen LogP contribution is -2.27. The summed E-state index contributed by atoms with van der Waals surface area (Å²) >= 11 is 0. The first-order valence-electron chi connectivity index (χ1n) is 6.87. The highest BCUT2D eigenvalue weighted by atomic mass is 16.3. The number of phenolic OH excluding ortho intramolecular Hbond substituents is 1. The maximum atomic E-state index is 9.44. The van der Waals surface area contributed by atoms with E-state index in [0.29, 0.717) is 5.69 Å². The highest BCUT2D eigenvalue weighted by Gasteiger charge is 2.28. The van der Waals surface area contributed by atoms with E-state index < -0.39 is 0 Å². The molecule has 0 atom stereocenters. The van der Waals surface area contributed by atoms with Crippen LogP contribution in [0.4, 0.5) is 5.69 Å². The Morgan fingerprint density at radius 1 is 1.39 bits per heavy atom. The molecule has 0 aromatic heterocycles. The Kier molecular flexibility index (Phi) is 4.12. The van der Waals surface area contributed by atoms with Gasteiger partial charge in [-0.15, -0.1) is 0 Å². The molecular formula is C15H24N2O. The van der Waals surface area contributed by atoms with E-state index in [9.17, 15) is 5.11 Å². The summed E-state index contributed by atoms with van der Waals surface area (Å²) in [7, 11) is 0. The third kappa shape index (κ3) is 3.64. The molecule has 0 spiro atoms. The SMILES string of the molecule is CC(C)CCN(Cc1ccc(O)c(N)c1)C1CC1. The fraction of sp³-hybridized carbons (Fsp3) is 0.600. The summed E-state index contributed by atoms with van der Waals surface area (Å²) in [5, 5.41) is 9.44. The smallest absolute Gasteiger partial charge is 0.138 e. The van der Waals surface area contributed by atoms with Crippen LogP contribution < -0.4 is 5.73 Å². The van der Waals surface area contributed by atoms with Crippen molar-refractivity contribution in [2.75, 3.05) is 12.3 Å². The van der Waals surface area contributed by atoms with Crippen LogP contribution in [-0.4, -0.2) is 22.6 Å². The molecular weight excluding hydrogens is 224 g/mol. The van der Waals surface area contributed by atoms with Gasteiger partial charge < -0.3 is 10.8 Å². The fourth-order valence-electron chi connectivity index (χ4n) is 2.19. The van der Waals surface area contributed by atoms with E-state index in [1.54, 1.807) is 6.07 Å². The highest BCUT2D eigenvalue weighted by Crippen LogP contribution is 2.30. The molecule has 1 saturated carbocycles. The predicted octanol–water partition coefficient (Wildman–Crippen LogP) is 2.98. The van der Waals surface area contributed by atoms with Crippen LogP contribution in [0.1, 0.15) is 38.7 Å². The molecule has 1 fully saturated rings. The quantitative estimate of drug-likeness (QED) is 0.601. The van der Waals surface area contributed by atoms with Gasteiger partial charge in [0.1, 0.15) is 5.75 Å². The molecule has 1 aromatic rings. The van der Waals surface area contributed by atoms with E-state index in [-0.39, 0.29) is 5.75 Å². The van der Waals surface area contributed by atoms with Gasteiger partial charge in [-0.3, -0.25) is 4.90 Å². The minimum atomic E-state index is 0.180. The highest BCUT2D eigenvalue weighted by molar-refractivity contribution is 5.53. The van der Waals surface area contributed by atoms with Crippen LogP contribution in [0.2, 0.25) is 0 Å². The third-order valence-electron chi connectivity index (χ3n) is 3.53. The van der Waals surface area contributed by atoms with Crippen LogP contribution in [0.15, 0.2) is 18.2 Å². The van der Waals surface area contributed by atoms with Crippen molar-refractivity contribution in [2.45, 2.75) is 45.7 Å². The normalized spacial score (nSPS) is 15.6. The average Bonchev–Trinajstić information content (AvgIpc) is 3.13. The van der Waals surface area contributed by atoms with E-state index in [4.69, 9.17) is 5.73 Å². The van der Waals surface area contributed by atoms with Gasteiger partial charge in [0.2, 0.25) is 0 Å². The van der Waals surface area contributed by atoms with Crippen LogP contribution in [0.3, 0.4) is 0 Å². The lowest BCUT2D eigenvalue weighted by Gasteiger charge is -2.23. The predicted molar refractivity (Wildman–Crippen MR) is 75.4 cm³/mol. The summed E-state index contributed by atoms with van der Waals surface area (Å²) in [5.41, 5.74) is 7.42. The standard InChI is InChI=1S/C15H24N2O/c1-11(2)7-8-17(13-4-5-13)10-12-3-6-15(18)14(16)9-12/h3,6,9,11,13,18H,4-5,7-8,10,16H2,1-2H3. The average molecular weight is 248 g/mol. The Morgan fingerprint density at radius 2 is 2.11 bits per heavy atom. The summed E-state index contributed by atoms with van der Waals surface area (Å²) in [6.45, 7) is 6.64. The number of nitrogens with two attached hydrogens (primary N) is 1. The topological polar surface area (TPSA) is 49.5 Å². The molecule has 0 bridgehead atoms. The van der Waals surface area contributed by atoms with Crippen molar-refractivity contribution >= 4 is 5.69 Å². The number of aromatic hydroxyl groups is 1. The Balaban J connectivity index is 1.97. The second-order valence-electron chi connectivity index (χ2n) is 5.78. The van der Waals surface area contributed by atoms with Crippen LogP contribution in [0.5, 0.6) is 5.75 Å². The number of nitrogen functional groups attached to an aromatic ring is 1. The first kappa shape index (κ1) is 13.2. The molecule has 3 heteroatoms. The monoisotopic (exact) mass is 248 g/mol. The molecule has 0 heterocycles. The van der Waals surface area contributed by atoms with Gasteiger partial charge >= 0.3 is 0 Å². The summed E-state index contributed by atoms with van der Waals surface area (Å²) in [6.07, 6.45) is 3.89. The molecule has 1 aliphatic carbocycles. The summed E-state index contributed by atoms with van der Waals surface area (Å²) in [6, 6.07) is 6.31. The molecule has 3 nitrogen and oxygen atoms in total. The van der Waals surface area contributed by atoms with E-state index in [2.05, 4.69) is 18.7 Å². The van der Waals surface area contributed by atoms with Gasteiger partial charge in [-0.25, -0.2) is 0 Å². The third-order valence-corrected chi connectivity index (χ3v) is 3.53.